The van der Waals surface area contributed by atoms with Crippen molar-refractivity contribution in [2.75, 3.05) is 6.54 Å². The first kappa shape index (κ1) is 10.4. The predicted octanol–water partition coefficient (Wildman–Crippen LogP) is 2.76. The van der Waals surface area contributed by atoms with Crippen molar-refractivity contribution >= 4 is 16.7 Å². The first-order chi connectivity index (χ1) is 7.83. The van der Waals surface area contributed by atoms with E-state index in [0.717, 1.165) is 10.8 Å². The number of fused-ring (bicyclic) bond motifs is 1. The SMILES string of the molecule is C=CCNC(=O)c1cccc2ccccc12. The zero-order valence-corrected chi connectivity index (χ0v) is 8.94. The van der Waals surface area contributed by atoms with E-state index in [2.05, 4.69) is 11.9 Å². The van der Waals surface area contributed by atoms with Crippen molar-refractivity contribution in [1.29, 1.82) is 0 Å². The molecule has 0 aliphatic heterocycles. The van der Waals surface area contributed by atoms with Crippen LogP contribution >= 0.6 is 0 Å². The number of hydrogen-bond acceptors (Lipinski definition) is 1. The van der Waals surface area contributed by atoms with Crippen LogP contribution < -0.4 is 5.32 Å². The van der Waals surface area contributed by atoms with Crippen molar-refractivity contribution in [1.82, 2.24) is 5.32 Å². The van der Waals surface area contributed by atoms with Gasteiger partial charge in [0.2, 0.25) is 0 Å². The Morgan fingerprint density at radius 1 is 1.19 bits per heavy atom. The highest BCUT2D eigenvalue weighted by molar-refractivity contribution is 6.07. The van der Waals surface area contributed by atoms with Crippen LogP contribution in [0.5, 0.6) is 0 Å². The van der Waals surface area contributed by atoms with Gasteiger partial charge in [0, 0.05) is 12.1 Å². The van der Waals surface area contributed by atoms with Crippen LogP contribution in [-0.2, 0) is 0 Å². The van der Waals surface area contributed by atoms with Crippen molar-refractivity contribution in [2.45, 2.75) is 0 Å². The fourth-order valence-corrected chi connectivity index (χ4v) is 1.68. The summed E-state index contributed by atoms with van der Waals surface area (Å²) in [6.07, 6.45) is 1.67. The van der Waals surface area contributed by atoms with E-state index >= 15 is 0 Å². The van der Waals surface area contributed by atoms with Crippen molar-refractivity contribution in [3.63, 3.8) is 0 Å². The number of carbonyl (C=O) groups excluding carboxylic acids is 1. The predicted molar refractivity (Wildman–Crippen MR) is 66.5 cm³/mol. The lowest BCUT2D eigenvalue weighted by Crippen LogP contribution is -2.23. The molecule has 0 heterocycles. The molecule has 2 aromatic rings. The van der Waals surface area contributed by atoms with Gasteiger partial charge in [0.15, 0.2) is 0 Å². The molecule has 0 saturated carbocycles. The monoisotopic (exact) mass is 211 g/mol. The Morgan fingerprint density at radius 3 is 2.75 bits per heavy atom. The molecule has 0 spiro atoms. The minimum atomic E-state index is -0.0586. The van der Waals surface area contributed by atoms with Gasteiger partial charge in [-0.25, -0.2) is 0 Å². The van der Waals surface area contributed by atoms with Crippen molar-refractivity contribution < 1.29 is 4.79 Å². The Morgan fingerprint density at radius 2 is 1.94 bits per heavy atom. The highest BCUT2D eigenvalue weighted by Crippen LogP contribution is 2.18. The molecule has 0 aliphatic carbocycles. The quantitative estimate of drug-likeness (QED) is 0.777. The van der Waals surface area contributed by atoms with Gasteiger partial charge in [-0.05, 0) is 16.8 Å². The molecule has 0 fully saturated rings. The fraction of sp³-hybridized carbons (Fsp3) is 0.0714. The third-order valence-corrected chi connectivity index (χ3v) is 2.44. The zero-order valence-electron chi connectivity index (χ0n) is 8.94. The van der Waals surface area contributed by atoms with Gasteiger partial charge < -0.3 is 5.32 Å². The van der Waals surface area contributed by atoms with Crippen molar-refractivity contribution in [2.24, 2.45) is 0 Å². The molecule has 0 atom stereocenters. The normalized spacial score (nSPS) is 10.0. The lowest BCUT2D eigenvalue weighted by molar-refractivity contribution is 0.0959. The van der Waals surface area contributed by atoms with Gasteiger partial charge in [0.1, 0.15) is 0 Å². The third kappa shape index (κ3) is 1.96. The summed E-state index contributed by atoms with van der Waals surface area (Å²) in [5.41, 5.74) is 0.708. The zero-order chi connectivity index (χ0) is 11.4. The number of nitrogens with one attached hydrogen (secondary N) is 1. The fourth-order valence-electron chi connectivity index (χ4n) is 1.68. The molecule has 0 radical (unpaired) electrons. The van der Waals surface area contributed by atoms with Gasteiger partial charge >= 0.3 is 0 Å². The van der Waals surface area contributed by atoms with E-state index < -0.39 is 0 Å². The van der Waals surface area contributed by atoms with Gasteiger partial charge in [-0.3, -0.25) is 4.79 Å². The topological polar surface area (TPSA) is 29.1 Å². The Kier molecular flexibility index (Phi) is 3.01. The van der Waals surface area contributed by atoms with Crippen molar-refractivity contribution in [3.8, 4) is 0 Å². The second-order valence-electron chi connectivity index (χ2n) is 3.53. The van der Waals surface area contributed by atoms with Gasteiger partial charge in [-0.1, -0.05) is 42.5 Å². The van der Waals surface area contributed by atoms with E-state index in [0.29, 0.717) is 12.1 Å². The summed E-state index contributed by atoms with van der Waals surface area (Å²) in [7, 11) is 0. The molecule has 1 N–H and O–H groups in total. The first-order valence-electron chi connectivity index (χ1n) is 5.20. The molecule has 2 rings (SSSR count). The Labute approximate surface area is 94.6 Å². The van der Waals surface area contributed by atoms with Crippen LogP contribution in [0.3, 0.4) is 0 Å². The lowest BCUT2D eigenvalue weighted by Gasteiger charge is -2.06. The number of rotatable bonds is 3. The van der Waals surface area contributed by atoms with E-state index in [9.17, 15) is 4.79 Å². The molecule has 16 heavy (non-hydrogen) atoms. The second kappa shape index (κ2) is 4.62. The maximum atomic E-state index is 11.9. The van der Waals surface area contributed by atoms with Crippen molar-refractivity contribution in [3.05, 3.63) is 60.7 Å². The average Bonchev–Trinajstić information content (AvgIpc) is 2.35. The summed E-state index contributed by atoms with van der Waals surface area (Å²) in [4.78, 5) is 11.9. The Hall–Kier alpha value is -2.09. The Bertz CT molecular complexity index is 526. The van der Waals surface area contributed by atoms with Crippen LogP contribution in [0.2, 0.25) is 0 Å². The minimum Gasteiger partial charge on any atom is -0.349 e. The van der Waals surface area contributed by atoms with E-state index in [1.807, 2.05) is 42.5 Å². The van der Waals surface area contributed by atoms with Gasteiger partial charge in [0.05, 0.1) is 0 Å². The van der Waals surface area contributed by atoms with Crippen LogP contribution in [0, 0.1) is 0 Å². The van der Waals surface area contributed by atoms with Gasteiger partial charge in [-0.2, -0.15) is 0 Å². The maximum absolute atomic E-state index is 11.9. The smallest absolute Gasteiger partial charge is 0.252 e. The van der Waals surface area contributed by atoms with Gasteiger partial charge in [-0.15, -0.1) is 6.58 Å². The Balaban J connectivity index is 2.44. The van der Waals surface area contributed by atoms with Gasteiger partial charge in [0.25, 0.3) is 5.91 Å². The summed E-state index contributed by atoms with van der Waals surface area (Å²) in [5.74, 6) is -0.0586. The summed E-state index contributed by atoms with van der Waals surface area (Å²) >= 11 is 0. The standard InChI is InChI=1S/C14H13NO/c1-2-10-15-14(16)13-9-5-7-11-6-3-4-8-12(11)13/h2-9H,1,10H2,(H,15,16). The van der Waals surface area contributed by atoms with E-state index in [1.165, 1.54) is 0 Å². The largest absolute Gasteiger partial charge is 0.349 e. The summed E-state index contributed by atoms with van der Waals surface area (Å²) in [5, 5.41) is 4.84. The van der Waals surface area contributed by atoms with E-state index in [-0.39, 0.29) is 5.91 Å². The highest BCUT2D eigenvalue weighted by atomic mass is 16.1. The summed E-state index contributed by atoms with van der Waals surface area (Å²) in [6.45, 7) is 4.06. The molecular formula is C14H13NO. The third-order valence-electron chi connectivity index (χ3n) is 2.44. The number of benzene rings is 2. The molecule has 0 aliphatic rings. The molecule has 0 unspecified atom stereocenters. The maximum Gasteiger partial charge on any atom is 0.252 e. The summed E-state index contributed by atoms with van der Waals surface area (Å²) in [6, 6.07) is 13.6. The molecular weight excluding hydrogens is 198 g/mol. The van der Waals surface area contributed by atoms with Crippen LogP contribution in [0.4, 0.5) is 0 Å². The average molecular weight is 211 g/mol. The molecule has 2 aromatic carbocycles. The molecule has 2 heteroatoms. The highest BCUT2D eigenvalue weighted by Gasteiger charge is 2.07. The minimum absolute atomic E-state index is 0.0586. The van der Waals surface area contributed by atoms with Crippen LogP contribution in [0.1, 0.15) is 10.4 Å². The summed E-state index contributed by atoms with van der Waals surface area (Å²) < 4.78 is 0. The number of carbonyl (C=O) groups is 1. The van der Waals surface area contributed by atoms with Crippen LogP contribution in [0.15, 0.2) is 55.1 Å². The molecule has 0 saturated heterocycles. The molecule has 0 aromatic heterocycles. The molecule has 80 valence electrons. The lowest BCUT2D eigenvalue weighted by atomic mass is 10.0. The number of amides is 1. The number of hydrogen-bond donors (Lipinski definition) is 1. The molecule has 0 bridgehead atoms. The first-order valence-corrected chi connectivity index (χ1v) is 5.20. The van der Waals surface area contributed by atoms with Crippen LogP contribution in [0.25, 0.3) is 10.8 Å². The van der Waals surface area contributed by atoms with Crippen LogP contribution in [-0.4, -0.2) is 12.5 Å². The molecule has 2 nitrogen and oxygen atoms in total. The van der Waals surface area contributed by atoms with E-state index in [4.69, 9.17) is 0 Å². The molecule has 1 amide bonds. The van der Waals surface area contributed by atoms with E-state index in [1.54, 1.807) is 6.08 Å². The second-order valence-corrected chi connectivity index (χ2v) is 3.53.